The van der Waals surface area contributed by atoms with Gasteiger partial charge in [0.2, 0.25) is 5.88 Å². The minimum Gasteiger partial charge on any atom is -0.497 e. The third kappa shape index (κ3) is 4.05. The zero-order valence-corrected chi connectivity index (χ0v) is 17.6. The average Bonchev–Trinajstić information content (AvgIpc) is 2.82. The van der Waals surface area contributed by atoms with Crippen molar-refractivity contribution in [1.29, 1.82) is 0 Å². The van der Waals surface area contributed by atoms with Gasteiger partial charge in [-0.15, -0.1) is 0 Å². The van der Waals surface area contributed by atoms with E-state index in [1.165, 1.54) is 19.8 Å². The second-order valence-corrected chi connectivity index (χ2v) is 7.57. The van der Waals surface area contributed by atoms with Gasteiger partial charge in [-0.3, -0.25) is 4.79 Å². The van der Waals surface area contributed by atoms with Gasteiger partial charge in [0.1, 0.15) is 11.4 Å². The van der Waals surface area contributed by atoms with Crippen molar-refractivity contribution in [2.75, 3.05) is 34.5 Å². The van der Waals surface area contributed by atoms with E-state index < -0.39 is 0 Å². The Morgan fingerprint density at radius 1 is 1.03 bits per heavy atom. The normalized spacial score (nSPS) is 19.2. The first kappa shape index (κ1) is 20.4. The molecule has 0 unspecified atom stereocenters. The molecule has 1 amide bonds. The average molecular weight is 413 g/mol. The third-order valence-electron chi connectivity index (χ3n) is 5.95. The fraction of sp³-hybridized carbons (Fsp3) is 0.500. The lowest BCUT2D eigenvalue weighted by molar-refractivity contribution is 0.0177. The summed E-state index contributed by atoms with van der Waals surface area (Å²) in [6.07, 6.45) is 2.65. The minimum atomic E-state index is -0.146. The van der Waals surface area contributed by atoms with Crippen LogP contribution in [0.4, 0.5) is 0 Å². The Hall–Kier alpha value is -2.87. The molecule has 0 radical (unpaired) electrons. The molecule has 1 aromatic heterocycles. The molecule has 1 atom stereocenters. The van der Waals surface area contributed by atoms with E-state index in [1.807, 2.05) is 17.0 Å². The fourth-order valence-corrected chi connectivity index (χ4v) is 4.31. The van der Waals surface area contributed by atoms with Crippen molar-refractivity contribution in [3.8, 4) is 17.6 Å². The Labute approximate surface area is 176 Å². The molecule has 8 heteroatoms. The molecule has 1 aromatic carbocycles. The summed E-state index contributed by atoms with van der Waals surface area (Å²) < 4.78 is 21.4. The molecule has 1 fully saturated rings. The van der Waals surface area contributed by atoms with Gasteiger partial charge in [0.25, 0.3) is 5.91 Å². The highest BCUT2D eigenvalue weighted by molar-refractivity contribution is 5.93. The summed E-state index contributed by atoms with van der Waals surface area (Å²) in [5.74, 6) is 1.36. The number of nitrogens with zero attached hydrogens (tertiary/aromatic N) is 3. The molecular weight excluding hydrogens is 386 g/mol. The van der Waals surface area contributed by atoms with Crippen molar-refractivity contribution >= 4 is 5.91 Å². The zero-order valence-electron chi connectivity index (χ0n) is 17.6. The summed E-state index contributed by atoms with van der Waals surface area (Å²) >= 11 is 0. The van der Waals surface area contributed by atoms with Crippen molar-refractivity contribution in [3.05, 3.63) is 41.1 Å². The highest BCUT2D eigenvalue weighted by atomic mass is 16.5. The number of aromatic nitrogens is 2. The molecule has 4 rings (SSSR count). The van der Waals surface area contributed by atoms with Crippen LogP contribution in [-0.2, 0) is 17.7 Å². The molecule has 0 aliphatic carbocycles. The molecular formula is C22H27N3O5. The number of ether oxygens (including phenoxy) is 4. The monoisotopic (exact) mass is 413 g/mol. The predicted octanol–water partition coefficient (Wildman–Crippen LogP) is 2.50. The van der Waals surface area contributed by atoms with Crippen LogP contribution in [0.5, 0.6) is 17.6 Å². The van der Waals surface area contributed by atoms with Crippen molar-refractivity contribution in [2.24, 2.45) is 5.92 Å². The Morgan fingerprint density at radius 2 is 1.83 bits per heavy atom. The first-order valence-electron chi connectivity index (χ1n) is 10.1. The number of carbonyl (C=O) groups excluding carboxylic acids is 1. The van der Waals surface area contributed by atoms with Crippen molar-refractivity contribution in [2.45, 2.75) is 31.8 Å². The van der Waals surface area contributed by atoms with Gasteiger partial charge < -0.3 is 23.8 Å². The van der Waals surface area contributed by atoms with Gasteiger partial charge >= 0.3 is 6.01 Å². The quantitative estimate of drug-likeness (QED) is 0.745. The van der Waals surface area contributed by atoms with Gasteiger partial charge in [0, 0.05) is 31.9 Å². The van der Waals surface area contributed by atoms with Crippen LogP contribution in [0.1, 0.15) is 34.5 Å². The minimum absolute atomic E-state index is 0.0629. The van der Waals surface area contributed by atoms with Crippen molar-refractivity contribution < 1.29 is 23.7 Å². The molecule has 30 heavy (non-hydrogen) atoms. The summed E-state index contributed by atoms with van der Waals surface area (Å²) in [7, 11) is 4.65. The number of benzene rings is 1. The Morgan fingerprint density at radius 3 is 2.53 bits per heavy atom. The largest absolute Gasteiger partial charge is 0.497 e. The number of amides is 1. The van der Waals surface area contributed by atoms with E-state index in [0.717, 1.165) is 43.8 Å². The first-order chi connectivity index (χ1) is 14.6. The molecule has 2 aromatic rings. The van der Waals surface area contributed by atoms with Crippen LogP contribution in [0, 0.1) is 5.92 Å². The van der Waals surface area contributed by atoms with Gasteiger partial charge in [-0.25, -0.2) is 0 Å². The standard InChI is InChI=1S/C22H27N3O5/c1-27-17-5-4-15-13-25(19(11-16(15)10-17)14-6-8-30-9-7-14)21(26)18-12-20(28-2)24-22(23-18)29-3/h4-5,10,12,14,19H,6-9,11,13H2,1-3H3/t19-/m1/s1. The summed E-state index contributed by atoms with van der Waals surface area (Å²) in [5, 5.41) is 0. The van der Waals surface area contributed by atoms with Crippen LogP contribution >= 0.6 is 0 Å². The Kier molecular flexibility index (Phi) is 6.03. The summed E-state index contributed by atoms with van der Waals surface area (Å²) in [4.78, 5) is 23.9. The van der Waals surface area contributed by atoms with Crippen LogP contribution in [-0.4, -0.2) is 61.4 Å². The second kappa shape index (κ2) is 8.87. The lowest BCUT2D eigenvalue weighted by Crippen LogP contribution is -2.49. The molecule has 2 aliphatic rings. The SMILES string of the molecule is COc1ccc2c(c1)C[C@H](C1CCOCC1)N(C(=O)c1cc(OC)nc(OC)n1)C2. The molecule has 1 saturated heterocycles. The topological polar surface area (TPSA) is 83.0 Å². The van der Waals surface area contributed by atoms with Crippen LogP contribution in [0.2, 0.25) is 0 Å². The lowest BCUT2D eigenvalue weighted by atomic mass is 9.82. The molecule has 0 spiro atoms. The van der Waals surface area contributed by atoms with E-state index >= 15 is 0 Å². The van der Waals surface area contributed by atoms with Gasteiger partial charge in [-0.1, -0.05) is 6.07 Å². The third-order valence-corrected chi connectivity index (χ3v) is 5.95. The second-order valence-electron chi connectivity index (χ2n) is 7.57. The van der Waals surface area contributed by atoms with Crippen molar-refractivity contribution in [3.63, 3.8) is 0 Å². The Bertz CT molecular complexity index is 891. The molecule has 8 nitrogen and oxygen atoms in total. The van der Waals surface area contributed by atoms with E-state index in [9.17, 15) is 4.79 Å². The number of methoxy groups -OCH3 is 3. The molecule has 0 saturated carbocycles. The van der Waals surface area contributed by atoms with E-state index in [2.05, 4.69) is 16.0 Å². The zero-order chi connectivity index (χ0) is 21.1. The number of carbonyl (C=O) groups is 1. The molecule has 3 heterocycles. The smallest absolute Gasteiger partial charge is 0.320 e. The Balaban J connectivity index is 1.70. The summed E-state index contributed by atoms with van der Waals surface area (Å²) in [6, 6.07) is 7.80. The maximum atomic E-state index is 13.6. The van der Waals surface area contributed by atoms with Crippen molar-refractivity contribution in [1.82, 2.24) is 14.9 Å². The van der Waals surface area contributed by atoms with E-state index in [1.54, 1.807) is 13.2 Å². The van der Waals surface area contributed by atoms with Gasteiger partial charge in [0.05, 0.1) is 21.3 Å². The molecule has 160 valence electrons. The van der Waals surface area contributed by atoms with Crippen LogP contribution in [0.15, 0.2) is 24.3 Å². The van der Waals surface area contributed by atoms with Crippen LogP contribution in [0.3, 0.4) is 0 Å². The molecule has 2 aliphatic heterocycles. The van der Waals surface area contributed by atoms with Gasteiger partial charge in [0.15, 0.2) is 0 Å². The first-order valence-corrected chi connectivity index (χ1v) is 10.1. The van der Waals surface area contributed by atoms with Gasteiger partial charge in [-0.05, 0) is 48.4 Å². The van der Waals surface area contributed by atoms with Gasteiger partial charge in [-0.2, -0.15) is 9.97 Å². The number of rotatable bonds is 5. The van der Waals surface area contributed by atoms with Crippen LogP contribution < -0.4 is 14.2 Å². The highest BCUT2D eigenvalue weighted by Crippen LogP contribution is 2.34. The highest BCUT2D eigenvalue weighted by Gasteiger charge is 2.37. The summed E-state index contributed by atoms with van der Waals surface area (Å²) in [5.41, 5.74) is 2.63. The molecule has 0 N–H and O–H groups in total. The maximum Gasteiger partial charge on any atom is 0.320 e. The van der Waals surface area contributed by atoms with E-state index in [4.69, 9.17) is 18.9 Å². The predicted molar refractivity (Wildman–Crippen MR) is 109 cm³/mol. The lowest BCUT2D eigenvalue weighted by Gasteiger charge is -2.42. The van der Waals surface area contributed by atoms with Crippen LogP contribution in [0.25, 0.3) is 0 Å². The van der Waals surface area contributed by atoms with E-state index in [0.29, 0.717) is 18.3 Å². The van der Waals surface area contributed by atoms with E-state index in [-0.39, 0.29) is 23.7 Å². The fourth-order valence-electron chi connectivity index (χ4n) is 4.31. The number of fused-ring (bicyclic) bond motifs is 1. The number of hydrogen-bond donors (Lipinski definition) is 0. The number of hydrogen-bond acceptors (Lipinski definition) is 7. The molecule has 0 bridgehead atoms. The maximum absolute atomic E-state index is 13.6. The summed E-state index contributed by atoms with van der Waals surface area (Å²) in [6.45, 7) is 1.97.